The van der Waals surface area contributed by atoms with Crippen molar-refractivity contribution < 1.29 is 4.79 Å². The summed E-state index contributed by atoms with van der Waals surface area (Å²) in [6.07, 6.45) is 4.47. The van der Waals surface area contributed by atoms with E-state index in [1.165, 1.54) is 0 Å². The molecule has 3 aromatic heterocycles. The number of hydrogen-bond acceptors (Lipinski definition) is 3. The van der Waals surface area contributed by atoms with E-state index in [9.17, 15) is 4.79 Å². The molecule has 0 radical (unpaired) electrons. The second-order valence-corrected chi connectivity index (χ2v) is 4.71. The van der Waals surface area contributed by atoms with Crippen LogP contribution in [0.5, 0.6) is 0 Å². The Hall–Kier alpha value is -2.43. The van der Waals surface area contributed by atoms with Gasteiger partial charge >= 0.3 is 0 Å². The molecule has 0 aliphatic heterocycles. The lowest BCUT2D eigenvalue weighted by molar-refractivity contribution is 0.111. The van der Waals surface area contributed by atoms with Gasteiger partial charge in [-0.3, -0.25) is 9.20 Å². The number of nitrogens with zero attached hydrogens (tertiary/aromatic N) is 4. The molecule has 0 fully saturated rings. The van der Waals surface area contributed by atoms with Crippen LogP contribution in [-0.2, 0) is 0 Å². The fourth-order valence-electron chi connectivity index (χ4n) is 2.04. The Balaban J connectivity index is 2.20. The average molecular weight is 254 g/mol. The average Bonchev–Trinajstić information content (AvgIpc) is 3.02. The second kappa shape index (κ2) is 4.35. The maximum Gasteiger partial charge on any atom is 0.183 e. The monoisotopic (exact) mass is 254 g/mol. The van der Waals surface area contributed by atoms with Crippen molar-refractivity contribution in [2.45, 2.75) is 19.8 Å². The van der Waals surface area contributed by atoms with Crippen LogP contribution in [0, 0.1) is 0 Å². The van der Waals surface area contributed by atoms with E-state index in [4.69, 9.17) is 0 Å². The van der Waals surface area contributed by atoms with Gasteiger partial charge in [-0.05, 0) is 24.1 Å². The number of carbonyl (C=O) groups is 1. The molecule has 0 N–H and O–H groups in total. The van der Waals surface area contributed by atoms with Crippen molar-refractivity contribution in [3.8, 4) is 5.82 Å². The Morgan fingerprint density at radius 1 is 1.21 bits per heavy atom. The van der Waals surface area contributed by atoms with Gasteiger partial charge in [0.05, 0.1) is 5.69 Å². The van der Waals surface area contributed by atoms with E-state index in [0.717, 1.165) is 17.6 Å². The zero-order valence-corrected chi connectivity index (χ0v) is 10.8. The number of hydrogen-bond donors (Lipinski definition) is 0. The molecule has 3 heterocycles. The van der Waals surface area contributed by atoms with Gasteiger partial charge in [-0.15, -0.1) is 0 Å². The molecule has 3 aromatic rings. The van der Waals surface area contributed by atoms with Crippen molar-refractivity contribution in [2.75, 3.05) is 0 Å². The van der Waals surface area contributed by atoms with E-state index in [-0.39, 0.29) is 0 Å². The zero-order chi connectivity index (χ0) is 13.4. The van der Waals surface area contributed by atoms with Crippen LogP contribution in [0.1, 0.15) is 35.9 Å². The molecule has 0 aromatic carbocycles. The van der Waals surface area contributed by atoms with Crippen LogP contribution >= 0.6 is 0 Å². The number of aromatic nitrogens is 4. The normalized spacial score (nSPS) is 11.3. The molecule has 0 saturated carbocycles. The minimum absolute atomic E-state index is 0.345. The summed E-state index contributed by atoms with van der Waals surface area (Å²) >= 11 is 0. The Labute approximate surface area is 110 Å². The molecule has 3 rings (SSSR count). The Morgan fingerprint density at radius 2 is 2.05 bits per heavy atom. The van der Waals surface area contributed by atoms with Gasteiger partial charge in [0.2, 0.25) is 0 Å². The predicted molar refractivity (Wildman–Crippen MR) is 71.8 cm³/mol. The molecule has 0 spiro atoms. The van der Waals surface area contributed by atoms with Gasteiger partial charge in [-0.1, -0.05) is 19.9 Å². The van der Waals surface area contributed by atoms with E-state index in [1.54, 1.807) is 9.08 Å². The van der Waals surface area contributed by atoms with Gasteiger partial charge in [0.1, 0.15) is 11.3 Å². The Kier molecular flexibility index (Phi) is 2.67. The van der Waals surface area contributed by atoms with Gasteiger partial charge in [0.15, 0.2) is 12.1 Å². The molecular formula is C14H14N4O. The number of aldehydes is 1. The first-order chi connectivity index (χ1) is 9.20. The number of carbonyl (C=O) groups excluding carboxylic acids is 1. The van der Waals surface area contributed by atoms with E-state index < -0.39 is 0 Å². The summed E-state index contributed by atoms with van der Waals surface area (Å²) < 4.78 is 3.42. The summed E-state index contributed by atoms with van der Waals surface area (Å²) in [5.41, 5.74) is 2.23. The predicted octanol–water partition coefficient (Wildman–Crippen LogP) is 2.46. The van der Waals surface area contributed by atoms with E-state index in [1.807, 2.05) is 36.7 Å². The van der Waals surface area contributed by atoms with Gasteiger partial charge < -0.3 is 0 Å². The minimum atomic E-state index is 0.345. The molecule has 0 atom stereocenters. The molecule has 5 heteroatoms. The Morgan fingerprint density at radius 3 is 2.74 bits per heavy atom. The van der Waals surface area contributed by atoms with E-state index >= 15 is 0 Å². The smallest absolute Gasteiger partial charge is 0.183 e. The van der Waals surface area contributed by atoms with Gasteiger partial charge in [-0.25, -0.2) is 9.67 Å². The number of pyridine rings is 1. The first-order valence-corrected chi connectivity index (χ1v) is 6.19. The summed E-state index contributed by atoms with van der Waals surface area (Å²) in [6.45, 7) is 4.16. The molecule has 5 nitrogen and oxygen atoms in total. The summed E-state index contributed by atoms with van der Waals surface area (Å²) in [6, 6.07) is 7.57. The van der Waals surface area contributed by atoms with Crippen molar-refractivity contribution in [1.82, 2.24) is 19.2 Å². The van der Waals surface area contributed by atoms with Crippen molar-refractivity contribution in [2.24, 2.45) is 0 Å². The Bertz CT molecular complexity index is 739. The highest BCUT2D eigenvalue weighted by atomic mass is 16.1. The van der Waals surface area contributed by atoms with Crippen molar-refractivity contribution in [3.05, 3.63) is 48.0 Å². The van der Waals surface area contributed by atoms with Gasteiger partial charge in [0.25, 0.3) is 0 Å². The van der Waals surface area contributed by atoms with Crippen molar-refractivity contribution in [3.63, 3.8) is 0 Å². The summed E-state index contributed by atoms with van der Waals surface area (Å²) in [5.74, 6) is 0.908. The summed E-state index contributed by atoms with van der Waals surface area (Å²) in [4.78, 5) is 15.8. The highest BCUT2D eigenvalue weighted by molar-refractivity contribution is 5.79. The van der Waals surface area contributed by atoms with Crippen LogP contribution in [-0.4, -0.2) is 25.5 Å². The number of imidazole rings is 1. The topological polar surface area (TPSA) is 52.2 Å². The minimum Gasteiger partial charge on any atom is -0.296 e. The van der Waals surface area contributed by atoms with E-state index in [0.29, 0.717) is 17.4 Å². The standard InChI is InChI=1S/C14H14N4O/c1-10(2)11-6-8-18(16-11)14-12(9-19)17-7-4-3-5-13(17)15-14/h3-10H,1-2H3. The van der Waals surface area contributed by atoms with Crippen LogP contribution in [0.3, 0.4) is 0 Å². The third-order valence-electron chi connectivity index (χ3n) is 3.08. The molecule has 0 unspecified atom stereocenters. The first-order valence-electron chi connectivity index (χ1n) is 6.19. The molecule has 0 bridgehead atoms. The molecule has 96 valence electrons. The fraction of sp³-hybridized carbons (Fsp3) is 0.214. The maximum atomic E-state index is 11.3. The third-order valence-corrected chi connectivity index (χ3v) is 3.08. The van der Waals surface area contributed by atoms with E-state index in [2.05, 4.69) is 23.9 Å². The first kappa shape index (κ1) is 11.6. The van der Waals surface area contributed by atoms with Crippen LogP contribution in [0.4, 0.5) is 0 Å². The van der Waals surface area contributed by atoms with Crippen LogP contribution in [0.25, 0.3) is 11.5 Å². The quantitative estimate of drug-likeness (QED) is 0.675. The zero-order valence-electron chi connectivity index (χ0n) is 10.8. The highest BCUT2D eigenvalue weighted by Crippen LogP contribution is 2.17. The molecule has 0 aliphatic rings. The molecule has 0 saturated heterocycles. The molecular weight excluding hydrogens is 240 g/mol. The van der Waals surface area contributed by atoms with Crippen molar-refractivity contribution >= 4 is 11.9 Å². The molecule has 0 amide bonds. The lowest BCUT2D eigenvalue weighted by Crippen LogP contribution is -2.02. The van der Waals surface area contributed by atoms with Crippen LogP contribution in [0.15, 0.2) is 36.7 Å². The lowest BCUT2D eigenvalue weighted by Gasteiger charge is -1.99. The third kappa shape index (κ3) is 1.83. The highest BCUT2D eigenvalue weighted by Gasteiger charge is 2.14. The maximum absolute atomic E-state index is 11.3. The summed E-state index contributed by atoms with van der Waals surface area (Å²) in [7, 11) is 0. The molecule has 0 aliphatic carbocycles. The molecule has 19 heavy (non-hydrogen) atoms. The SMILES string of the molecule is CC(C)c1ccn(-c2nc3ccccn3c2C=O)n1. The largest absolute Gasteiger partial charge is 0.296 e. The van der Waals surface area contributed by atoms with Crippen molar-refractivity contribution in [1.29, 1.82) is 0 Å². The fourth-order valence-corrected chi connectivity index (χ4v) is 2.04. The second-order valence-electron chi connectivity index (χ2n) is 4.71. The summed E-state index contributed by atoms with van der Waals surface area (Å²) in [5, 5.41) is 4.47. The number of fused-ring (bicyclic) bond motifs is 1. The van der Waals surface area contributed by atoms with Gasteiger partial charge in [0, 0.05) is 12.4 Å². The van der Waals surface area contributed by atoms with Gasteiger partial charge in [-0.2, -0.15) is 5.10 Å². The van der Waals surface area contributed by atoms with Crippen LogP contribution < -0.4 is 0 Å². The lowest BCUT2D eigenvalue weighted by atomic mass is 10.1. The number of rotatable bonds is 3. The van der Waals surface area contributed by atoms with Crippen LogP contribution in [0.2, 0.25) is 0 Å².